The van der Waals surface area contributed by atoms with E-state index in [0.29, 0.717) is 0 Å². The quantitative estimate of drug-likeness (QED) is 0.769. The second-order valence-electron chi connectivity index (χ2n) is 6.28. The van der Waals surface area contributed by atoms with Gasteiger partial charge in [-0.2, -0.15) is 0 Å². The minimum atomic E-state index is -0.217. The van der Waals surface area contributed by atoms with Crippen LogP contribution in [0.15, 0.2) is 0 Å². The summed E-state index contributed by atoms with van der Waals surface area (Å²) in [5.41, 5.74) is 0. The third-order valence-corrected chi connectivity index (χ3v) is 4.90. The van der Waals surface area contributed by atoms with Crippen molar-refractivity contribution in [2.45, 2.75) is 57.2 Å². The molecule has 0 unspecified atom stereocenters. The maximum Gasteiger partial charge on any atom is 0.182 e. The Kier molecular flexibility index (Phi) is 4.22. The fourth-order valence-electron chi connectivity index (χ4n) is 3.83. The molecule has 1 saturated carbocycles. The lowest BCUT2D eigenvalue weighted by atomic mass is 9.86. The molecule has 3 aliphatic rings. The molecule has 3 fully saturated rings. The first-order valence-electron chi connectivity index (χ1n) is 7.87. The van der Waals surface area contributed by atoms with E-state index in [1.807, 2.05) is 0 Å². The second-order valence-corrected chi connectivity index (χ2v) is 6.28. The molecule has 1 spiro atoms. The van der Waals surface area contributed by atoms with Crippen molar-refractivity contribution >= 4 is 0 Å². The van der Waals surface area contributed by atoms with E-state index in [2.05, 4.69) is 4.90 Å². The fraction of sp³-hybridized carbons (Fsp3) is 1.00. The van der Waals surface area contributed by atoms with Crippen LogP contribution in [0.1, 0.15) is 51.4 Å². The van der Waals surface area contributed by atoms with Gasteiger partial charge in [0.05, 0.1) is 19.8 Å². The van der Waals surface area contributed by atoms with E-state index < -0.39 is 0 Å². The lowest BCUT2D eigenvalue weighted by Gasteiger charge is -2.24. The largest absolute Gasteiger partial charge is 0.346 e. The van der Waals surface area contributed by atoms with Gasteiger partial charge >= 0.3 is 0 Å². The number of hydrogen-bond acceptors (Lipinski definition) is 3. The van der Waals surface area contributed by atoms with Crippen LogP contribution in [0.4, 0.5) is 0 Å². The number of ether oxygens (including phenoxy) is 2. The van der Waals surface area contributed by atoms with Crippen molar-refractivity contribution in [2.24, 2.45) is 5.92 Å². The summed E-state index contributed by atoms with van der Waals surface area (Å²) in [6, 6.07) is 0. The lowest BCUT2D eigenvalue weighted by molar-refractivity contribution is -0.145. The highest BCUT2D eigenvalue weighted by Gasteiger charge is 2.42. The zero-order valence-electron chi connectivity index (χ0n) is 11.5. The average molecular weight is 253 g/mol. The van der Waals surface area contributed by atoms with Crippen LogP contribution in [0.25, 0.3) is 0 Å². The summed E-state index contributed by atoms with van der Waals surface area (Å²) in [5.74, 6) is 0.805. The Labute approximate surface area is 111 Å². The first kappa shape index (κ1) is 12.9. The van der Waals surface area contributed by atoms with E-state index in [0.717, 1.165) is 38.6 Å². The van der Waals surface area contributed by atoms with Crippen molar-refractivity contribution < 1.29 is 9.47 Å². The van der Waals surface area contributed by atoms with Crippen LogP contribution in [-0.2, 0) is 9.47 Å². The lowest BCUT2D eigenvalue weighted by Crippen LogP contribution is -2.34. The zero-order chi connectivity index (χ0) is 12.3. The Morgan fingerprint density at radius 3 is 2.61 bits per heavy atom. The molecule has 2 heterocycles. The Hall–Kier alpha value is -0.120. The molecule has 0 radical (unpaired) electrons. The monoisotopic (exact) mass is 253 g/mol. The standard InChI is InChI=1S/C15H27NO2/c1-2-5-14(6-3-1)7-4-9-16-10-8-15(13-16)17-11-12-18-15/h14H,1-13H2. The predicted molar refractivity (Wildman–Crippen MR) is 71.5 cm³/mol. The molecule has 104 valence electrons. The van der Waals surface area contributed by atoms with Gasteiger partial charge in [0.1, 0.15) is 0 Å². The molecule has 1 aliphatic carbocycles. The summed E-state index contributed by atoms with van der Waals surface area (Å²) >= 11 is 0. The molecule has 3 rings (SSSR count). The van der Waals surface area contributed by atoms with Gasteiger partial charge in [-0.3, -0.25) is 4.90 Å². The molecule has 18 heavy (non-hydrogen) atoms. The molecule has 2 aliphatic heterocycles. The van der Waals surface area contributed by atoms with Crippen molar-refractivity contribution in [3.63, 3.8) is 0 Å². The number of hydrogen-bond donors (Lipinski definition) is 0. The van der Waals surface area contributed by atoms with Crippen LogP contribution >= 0.6 is 0 Å². The molecule has 0 aromatic heterocycles. The van der Waals surface area contributed by atoms with Crippen molar-refractivity contribution in [1.82, 2.24) is 4.90 Å². The minimum absolute atomic E-state index is 0.217. The summed E-state index contributed by atoms with van der Waals surface area (Å²) in [7, 11) is 0. The van der Waals surface area contributed by atoms with E-state index in [4.69, 9.17) is 9.47 Å². The van der Waals surface area contributed by atoms with Crippen molar-refractivity contribution in [2.75, 3.05) is 32.8 Å². The Morgan fingerprint density at radius 2 is 1.83 bits per heavy atom. The normalized spacial score (nSPS) is 29.3. The van der Waals surface area contributed by atoms with Crippen LogP contribution in [-0.4, -0.2) is 43.5 Å². The van der Waals surface area contributed by atoms with Gasteiger partial charge in [-0.15, -0.1) is 0 Å². The van der Waals surface area contributed by atoms with E-state index >= 15 is 0 Å². The molecular weight excluding hydrogens is 226 g/mol. The minimum Gasteiger partial charge on any atom is -0.346 e. The molecule has 2 saturated heterocycles. The first-order valence-corrected chi connectivity index (χ1v) is 7.87. The maximum atomic E-state index is 5.76. The van der Waals surface area contributed by atoms with Crippen LogP contribution < -0.4 is 0 Å². The maximum absolute atomic E-state index is 5.76. The van der Waals surface area contributed by atoms with Gasteiger partial charge in [0, 0.05) is 13.0 Å². The topological polar surface area (TPSA) is 21.7 Å². The van der Waals surface area contributed by atoms with E-state index in [1.54, 1.807) is 0 Å². The van der Waals surface area contributed by atoms with E-state index in [-0.39, 0.29) is 5.79 Å². The number of nitrogens with zero attached hydrogens (tertiary/aromatic N) is 1. The molecule has 0 amide bonds. The van der Waals surface area contributed by atoms with Gasteiger partial charge in [-0.05, 0) is 25.3 Å². The second kappa shape index (κ2) is 5.89. The summed E-state index contributed by atoms with van der Waals surface area (Å²) in [6.45, 7) is 4.97. The fourth-order valence-corrected chi connectivity index (χ4v) is 3.83. The van der Waals surface area contributed by atoms with Gasteiger partial charge in [0.15, 0.2) is 5.79 Å². The molecule has 0 bridgehead atoms. The molecular formula is C15H27NO2. The van der Waals surface area contributed by atoms with Crippen LogP contribution in [0.3, 0.4) is 0 Å². The predicted octanol–water partition coefficient (Wildman–Crippen LogP) is 2.80. The molecule has 3 nitrogen and oxygen atoms in total. The SMILES string of the molecule is C1CCC(CCCN2CCC3(C2)OCCO3)CC1. The first-order chi connectivity index (χ1) is 8.86. The Balaban J connectivity index is 1.34. The number of likely N-dealkylation sites (tertiary alicyclic amines) is 1. The summed E-state index contributed by atoms with van der Waals surface area (Å²) in [6.07, 6.45) is 11.2. The van der Waals surface area contributed by atoms with Crippen molar-refractivity contribution in [3.8, 4) is 0 Å². The van der Waals surface area contributed by atoms with Crippen LogP contribution in [0.5, 0.6) is 0 Å². The Bertz CT molecular complexity index is 257. The van der Waals surface area contributed by atoms with E-state index in [1.165, 1.54) is 51.5 Å². The van der Waals surface area contributed by atoms with Crippen LogP contribution in [0, 0.1) is 5.92 Å². The third-order valence-electron chi connectivity index (χ3n) is 4.90. The van der Waals surface area contributed by atoms with Gasteiger partial charge in [0.2, 0.25) is 0 Å². The van der Waals surface area contributed by atoms with Crippen LogP contribution in [0.2, 0.25) is 0 Å². The average Bonchev–Trinajstić information content (AvgIpc) is 3.02. The molecule has 0 aromatic rings. The summed E-state index contributed by atoms with van der Waals surface area (Å²) in [5, 5.41) is 0. The van der Waals surface area contributed by atoms with E-state index in [9.17, 15) is 0 Å². The molecule has 0 aromatic carbocycles. The summed E-state index contributed by atoms with van der Waals surface area (Å²) in [4.78, 5) is 2.54. The highest BCUT2D eigenvalue weighted by atomic mass is 16.7. The third kappa shape index (κ3) is 3.06. The summed E-state index contributed by atoms with van der Waals surface area (Å²) < 4.78 is 11.5. The highest BCUT2D eigenvalue weighted by Crippen LogP contribution is 2.31. The molecule has 0 atom stereocenters. The van der Waals surface area contributed by atoms with Gasteiger partial charge in [-0.25, -0.2) is 0 Å². The van der Waals surface area contributed by atoms with Gasteiger partial charge in [0.25, 0.3) is 0 Å². The van der Waals surface area contributed by atoms with Crippen molar-refractivity contribution in [1.29, 1.82) is 0 Å². The van der Waals surface area contributed by atoms with Gasteiger partial charge < -0.3 is 9.47 Å². The van der Waals surface area contributed by atoms with Crippen molar-refractivity contribution in [3.05, 3.63) is 0 Å². The smallest absolute Gasteiger partial charge is 0.182 e. The highest BCUT2D eigenvalue weighted by molar-refractivity contribution is 4.86. The number of rotatable bonds is 4. The zero-order valence-corrected chi connectivity index (χ0v) is 11.5. The molecule has 0 N–H and O–H groups in total. The van der Waals surface area contributed by atoms with Gasteiger partial charge in [-0.1, -0.05) is 32.1 Å². The molecule has 3 heteroatoms. The Morgan fingerprint density at radius 1 is 1.06 bits per heavy atom.